The molecule has 2 aromatic carbocycles. The molecule has 1 aliphatic carbocycles. The van der Waals surface area contributed by atoms with Crippen molar-refractivity contribution in [1.82, 2.24) is 10.6 Å². The number of rotatable bonds is 10. The van der Waals surface area contributed by atoms with E-state index in [1.165, 1.54) is 0 Å². The molecule has 2 amide bonds. The van der Waals surface area contributed by atoms with Crippen LogP contribution in [0.15, 0.2) is 48.5 Å². The van der Waals surface area contributed by atoms with Crippen molar-refractivity contribution in [1.29, 1.82) is 0 Å². The lowest BCUT2D eigenvalue weighted by Gasteiger charge is -2.22. The summed E-state index contributed by atoms with van der Waals surface area (Å²) in [6, 6.07) is 14.9. The molecule has 0 spiro atoms. The van der Waals surface area contributed by atoms with Gasteiger partial charge < -0.3 is 20.5 Å². The summed E-state index contributed by atoms with van der Waals surface area (Å²) < 4.78 is 5.54. The molecule has 0 aromatic heterocycles. The first-order valence-electron chi connectivity index (χ1n) is 11.1. The Kier molecular flexibility index (Phi) is 7.87. The van der Waals surface area contributed by atoms with Crippen molar-refractivity contribution in [3.63, 3.8) is 0 Å². The third-order valence-electron chi connectivity index (χ3n) is 5.79. The highest BCUT2D eigenvalue weighted by atomic mass is 16.5. The molecule has 2 aromatic rings. The first kappa shape index (κ1) is 23.3. The normalized spacial score (nSPS) is 14.1. The number of carboxylic acids is 1. The largest absolute Gasteiger partial charge is 0.481 e. The van der Waals surface area contributed by atoms with E-state index in [0.29, 0.717) is 19.3 Å². The topological polar surface area (TPSA) is 105 Å². The number of hydrogen-bond donors (Lipinski definition) is 3. The minimum absolute atomic E-state index is 0.0633. The van der Waals surface area contributed by atoms with Gasteiger partial charge in [0.05, 0.1) is 6.42 Å². The van der Waals surface area contributed by atoms with E-state index in [-0.39, 0.29) is 18.9 Å². The molecule has 0 radical (unpaired) electrons. The summed E-state index contributed by atoms with van der Waals surface area (Å²) in [6.07, 6.45) is 0.775. The van der Waals surface area contributed by atoms with Crippen LogP contribution in [0.4, 0.5) is 4.79 Å². The Bertz CT molecular complexity index is 929. The molecule has 0 unspecified atom stereocenters. The highest BCUT2D eigenvalue weighted by Crippen LogP contribution is 2.44. The van der Waals surface area contributed by atoms with Crippen LogP contribution in [-0.2, 0) is 14.3 Å². The van der Waals surface area contributed by atoms with Gasteiger partial charge in [-0.2, -0.15) is 0 Å². The molecule has 32 heavy (non-hydrogen) atoms. The third-order valence-corrected chi connectivity index (χ3v) is 5.79. The molecular formula is C25H30N2O5. The van der Waals surface area contributed by atoms with Gasteiger partial charge in [0.15, 0.2) is 0 Å². The summed E-state index contributed by atoms with van der Waals surface area (Å²) in [5.41, 5.74) is 4.52. The summed E-state index contributed by atoms with van der Waals surface area (Å²) in [5, 5.41) is 14.4. The minimum atomic E-state index is -0.978. The van der Waals surface area contributed by atoms with Gasteiger partial charge in [-0.15, -0.1) is 0 Å². The zero-order valence-corrected chi connectivity index (χ0v) is 18.5. The fourth-order valence-corrected chi connectivity index (χ4v) is 4.15. The zero-order valence-electron chi connectivity index (χ0n) is 18.5. The van der Waals surface area contributed by atoms with Gasteiger partial charge in [-0.25, -0.2) is 4.79 Å². The first-order valence-corrected chi connectivity index (χ1v) is 11.1. The highest BCUT2D eigenvalue weighted by molar-refractivity contribution is 5.86. The number of nitrogens with one attached hydrogen (secondary N) is 2. The van der Waals surface area contributed by atoms with E-state index in [0.717, 1.165) is 22.3 Å². The van der Waals surface area contributed by atoms with E-state index < -0.39 is 30.1 Å². The van der Waals surface area contributed by atoms with Gasteiger partial charge in [0.25, 0.3) is 0 Å². The number of fused-ring (bicyclic) bond motifs is 3. The second-order valence-electron chi connectivity index (χ2n) is 8.02. The van der Waals surface area contributed by atoms with Gasteiger partial charge in [-0.3, -0.25) is 9.59 Å². The fourth-order valence-electron chi connectivity index (χ4n) is 4.15. The first-order chi connectivity index (χ1) is 15.4. The van der Waals surface area contributed by atoms with E-state index in [9.17, 15) is 14.4 Å². The van der Waals surface area contributed by atoms with Gasteiger partial charge in [-0.05, 0) is 35.1 Å². The summed E-state index contributed by atoms with van der Waals surface area (Å²) in [6.45, 7) is 3.88. The van der Waals surface area contributed by atoms with Crippen LogP contribution < -0.4 is 10.6 Å². The van der Waals surface area contributed by atoms with Crippen molar-refractivity contribution in [2.45, 2.75) is 57.5 Å². The van der Waals surface area contributed by atoms with Crippen LogP contribution in [0.25, 0.3) is 11.1 Å². The molecule has 0 saturated heterocycles. The fraction of sp³-hybridized carbons (Fsp3) is 0.400. The Morgan fingerprint density at radius 1 is 0.969 bits per heavy atom. The number of carbonyl (C=O) groups excluding carboxylic acids is 2. The van der Waals surface area contributed by atoms with E-state index in [2.05, 4.69) is 22.8 Å². The van der Waals surface area contributed by atoms with Crippen LogP contribution in [-0.4, -0.2) is 41.8 Å². The van der Waals surface area contributed by atoms with Crippen LogP contribution in [0, 0.1) is 0 Å². The molecule has 2 atom stereocenters. The van der Waals surface area contributed by atoms with E-state index in [1.54, 1.807) is 0 Å². The van der Waals surface area contributed by atoms with Gasteiger partial charge in [0.1, 0.15) is 12.6 Å². The second kappa shape index (κ2) is 10.8. The molecule has 7 heteroatoms. The number of hydrogen-bond acceptors (Lipinski definition) is 4. The minimum Gasteiger partial charge on any atom is -0.481 e. The van der Waals surface area contributed by atoms with E-state index >= 15 is 0 Å². The number of amides is 2. The molecule has 170 valence electrons. The van der Waals surface area contributed by atoms with Gasteiger partial charge in [0.2, 0.25) is 5.91 Å². The molecule has 1 aliphatic rings. The van der Waals surface area contributed by atoms with Gasteiger partial charge in [-0.1, -0.05) is 68.8 Å². The van der Waals surface area contributed by atoms with Crippen molar-refractivity contribution < 1.29 is 24.2 Å². The molecule has 0 saturated carbocycles. The summed E-state index contributed by atoms with van der Waals surface area (Å²) in [5.74, 6) is -1.44. The second-order valence-corrected chi connectivity index (χ2v) is 8.02. The standard InChI is InChI=1S/C25H30N2O5/c1-3-9-22(24(30)26-16(4-2)14-23(28)29)27-25(31)32-15-21-19-12-7-5-10-17(19)18-11-6-8-13-20(18)21/h5-8,10-13,16,21-22H,3-4,9,14-15H2,1-2H3,(H,26,30)(H,27,31)(H,28,29)/t16-,22+/m1/s1. The Balaban J connectivity index is 1.62. The lowest BCUT2D eigenvalue weighted by atomic mass is 9.98. The molecule has 0 fully saturated rings. The number of aliphatic carboxylic acids is 1. The molecule has 3 rings (SSSR count). The zero-order chi connectivity index (χ0) is 23.1. The van der Waals surface area contributed by atoms with Gasteiger partial charge in [0, 0.05) is 12.0 Å². The van der Waals surface area contributed by atoms with Crippen LogP contribution in [0.5, 0.6) is 0 Å². The third kappa shape index (κ3) is 5.46. The number of alkyl carbamates (subject to hydrolysis) is 1. The maximum atomic E-state index is 12.6. The molecule has 0 heterocycles. The van der Waals surface area contributed by atoms with Crippen molar-refractivity contribution >= 4 is 18.0 Å². The lowest BCUT2D eigenvalue weighted by Crippen LogP contribution is -2.50. The smallest absolute Gasteiger partial charge is 0.407 e. The van der Waals surface area contributed by atoms with Crippen LogP contribution in [0.2, 0.25) is 0 Å². The van der Waals surface area contributed by atoms with Crippen molar-refractivity contribution in [2.24, 2.45) is 0 Å². The Labute approximate surface area is 188 Å². The maximum Gasteiger partial charge on any atom is 0.407 e. The number of benzene rings is 2. The average molecular weight is 439 g/mol. The highest BCUT2D eigenvalue weighted by Gasteiger charge is 2.30. The monoisotopic (exact) mass is 438 g/mol. The molecule has 0 bridgehead atoms. The predicted octanol–water partition coefficient (Wildman–Crippen LogP) is 4.06. The lowest BCUT2D eigenvalue weighted by molar-refractivity contribution is -0.137. The molecular weight excluding hydrogens is 408 g/mol. The Morgan fingerprint density at radius 2 is 1.56 bits per heavy atom. The maximum absolute atomic E-state index is 12.6. The molecule has 0 aliphatic heterocycles. The Hall–Kier alpha value is -3.35. The molecule has 3 N–H and O–H groups in total. The van der Waals surface area contributed by atoms with E-state index in [4.69, 9.17) is 9.84 Å². The van der Waals surface area contributed by atoms with Gasteiger partial charge >= 0.3 is 12.1 Å². The van der Waals surface area contributed by atoms with Crippen LogP contribution in [0.3, 0.4) is 0 Å². The van der Waals surface area contributed by atoms with Crippen molar-refractivity contribution in [3.05, 3.63) is 59.7 Å². The van der Waals surface area contributed by atoms with E-state index in [1.807, 2.05) is 50.2 Å². The molecule has 7 nitrogen and oxygen atoms in total. The quantitative estimate of drug-likeness (QED) is 0.519. The number of carboxylic acid groups (broad SMARTS) is 1. The predicted molar refractivity (Wildman–Crippen MR) is 121 cm³/mol. The van der Waals surface area contributed by atoms with Crippen LogP contribution >= 0.6 is 0 Å². The van der Waals surface area contributed by atoms with Crippen molar-refractivity contribution in [2.75, 3.05) is 6.61 Å². The SMILES string of the molecule is CCC[C@H](NC(=O)OCC1c2ccccc2-c2ccccc21)C(=O)N[C@H](CC)CC(=O)O. The summed E-state index contributed by atoms with van der Waals surface area (Å²) in [7, 11) is 0. The van der Waals surface area contributed by atoms with Crippen molar-refractivity contribution in [3.8, 4) is 11.1 Å². The summed E-state index contributed by atoms with van der Waals surface area (Å²) >= 11 is 0. The van der Waals surface area contributed by atoms with Crippen LogP contribution in [0.1, 0.15) is 56.6 Å². The number of ether oxygens (including phenoxy) is 1. The number of carbonyl (C=O) groups is 3. The summed E-state index contributed by atoms with van der Waals surface area (Å²) in [4.78, 5) is 36.1. The Morgan fingerprint density at radius 3 is 2.09 bits per heavy atom. The average Bonchev–Trinajstić information content (AvgIpc) is 3.10.